The summed E-state index contributed by atoms with van der Waals surface area (Å²) in [5.41, 5.74) is 2.11. The predicted molar refractivity (Wildman–Crippen MR) is 82.4 cm³/mol. The highest BCUT2D eigenvalue weighted by Gasteiger charge is 2.21. The molecule has 1 atom stereocenters. The van der Waals surface area contributed by atoms with Crippen LogP contribution in [0.2, 0.25) is 10.0 Å². The molecule has 1 unspecified atom stereocenters. The third-order valence-corrected chi connectivity index (χ3v) is 4.80. The van der Waals surface area contributed by atoms with Crippen molar-refractivity contribution in [3.05, 3.63) is 52.3 Å². The minimum Gasteiger partial charge on any atom is -0.376 e. The van der Waals surface area contributed by atoms with Crippen molar-refractivity contribution in [1.29, 1.82) is 0 Å². The van der Waals surface area contributed by atoms with Gasteiger partial charge in [0.15, 0.2) is 0 Å². The first-order chi connectivity index (χ1) is 9.24. The molecule has 2 heterocycles. The first kappa shape index (κ1) is 13.1. The lowest BCUT2D eigenvalue weighted by Gasteiger charge is -2.27. The van der Waals surface area contributed by atoms with Gasteiger partial charge in [-0.25, -0.2) is 0 Å². The van der Waals surface area contributed by atoms with Crippen molar-refractivity contribution in [1.82, 2.24) is 4.98 Å². The molecular formula is C14H12Cl2N2S. The van der Waals surface area contributed by atoms with Gasteiger partial charge in [0.2, 0.25) is 0 Å². The Labute approximate surface area is 126 Å². The third-order valence-electron chi connectivity index (χ3n) is 3.11. The molecule has 1 aromatic heterocycles. The fourth-order valence-corrected chi connectivity index (χ4v) is 3.63. The van der Waals surface area contributed by atoms with E-state index in [4.69, 9.17) is 23.2 Å². The van der Waals surface area contributed by atoms with E-state index in [1.54, 1.807) is 18.5 Å². The Bertz CT molecular complexity index is 604. The topological polar surface area (TPSA) is 24.9 Å². The molecule has 0 aliphatic carbocycles. The van der Waals surface area contributed by atoms with Crippen LogP contribution in [0.1, 0.15) is 18.0 Å². The van der Waals surface area contributed by atoms with Crippen LogP contribution in [-0.4, -0.2) is 10.7 Å². The fourth-order valence-electron chi connectivity index (χ4n) is 2.19. The van der Waals surface area contributed by atoms with Crippen LogP contribution in [0.15, 0.2) is 41.6 Å². The van der Waals surface area contributed by atoms with E-state index in [-0.39, 0.29) is 6.04 Å². The second kappa shape index (κ2) is 5.61. The largest absolute Gasteiger partial charge is 0.376 e. The van der Waals surface area contributed by atoms with Crippen LogP contribution < -0.4 is 5.32 Å². The van der Waals surface area contributed by atoms with Crippen LogP contribution in [-0.2, 0) is 0 Å². The van der Waals surface area contributed by atoms with Gasteiger partial charge in [0.05, 0.1) is 22.9 Å². The number of nitrogens with one attached hydrogen (secondary N) is 1. The van der Waals surface area contributed by atoms with Gasteiger partial charge in [-0.15, -0.1) is 11.8 Å². The van der Waals surface area contributed by atoms with E-state index in [1.807, 2.05) is 23.9 Å². The molecule has 3 rings (SSSR count). The number of fused-ring (bicyclic) bond motifs is 1. The average Bonchev–Trinajstić information content (AvgIpc) is 2.42. The number of anilines is 1. The molecular weight excluding hydrogens is 299 g/mol. The number of benzene rings is 1. The Balaban J connectivity index is 1.92. The summed E-state index contributed by atoms with van der Waals surface area (Å²) in [7, 11) is 0. The summed E-state index contributed by atoms with van der Waals surface area (Å²) < 4.78 is 0. The van der Waals surface area contributed by atoms with Crippen molar-refractivity contribution in [2.45, 2.75) is 17.4 Å². The van der Waals surface area contributed by atoms with Gasteiger partial charge < -0.3 is 5.32 Å². The molecule has 98 valence electrons. The van der Waals surface area contributed by atoms with Crippen LogP contribution in [0.4, 0.5) is 5.69 Å². The first-order valence-corrected chi connectivity index (χ1v) is 7.76. The minimum atomic E-state index is 0.233. The third kappa shape index (κ3) is 2.83. The van der Waals surface area contributed by atoms with Crippen LogP contribution in [0.25, 0.3) is 0 Å². The quantitative estimate of drug-likeness (QED) is 0.841. The second-order valence-corrected chi connectivity index (χ2v) is 6.35. The summed E-state index contributed by atoms with van der Waals surface area (Å²) in [5, 5.41) is 4.93. The lowest BCUT2D eigenvalue weighted by Crippen LogP contribution is -2.16. The van der Waals surface area contributed by atoms with Crippen molar-refractivity contribution >= 4 is 40.7 Å². The summed E-state index contributed by atoms with van der Waals surface area (Å²) in [6, 6.07) is 8.08. The Morgan fingerprint density at radius 2 is 2.16 bits per heavy atom. The number of halogens is 2. The van der Waals surface area contributed by atoms with E-state index in [0.29, 0.717) is 5.02 Å². The molecule has 5 heteroatoms. The maximum atomic E-state index is 6.17. The second-order valence-electron chi connectivity index (χ2n) is 4.37. The van der Waals surface area contributed by atoms with E-state index in [0.717, 1.165) is 22.9 Å². The average molecular weight is 311 g/mol. The molecule has 1 N–H and O–H groups in total. The molecule has 0 saturated heterocycles. The number of hydrogen-bond acceptors (Lipinski definition) is 3. The molecule has 0 saturated carbocycles. The van der Waals surface area contributed by atoms with Crippen molar-refractivity contribution in [3.63, 3.8) is 0 Å². The van der Waals surface area contributed by atoms with Gasteiger partial charge in [0.25, 0.3) is 0 Å². The number of aromatic nitrogens is 1. The molecule has 1 aromatic carbocycles. The summed E-state index contributed by atoms with van der Waals surface area (Å²) in [5.74, 6) is 1.09. The standard InChI is InChI=1S/C14H12Cl2N2S/c15-9-1-2-14-10(7-9)12(4-6-19-14)18-13-8-17-5-3-11(13)16/h1-3,5,7-8,12,18H,4,6H2. The van der Waals surface area contributed by atoms with Crippen LogP contribution in [0.3, 0.4) is 0 Å². The number of rotatable bonds is 2. The van der Waals surface area contributed by atoms with Gasteiger partial charge in [-0.2, -0.15) is 0 Å². The molecule has 2 nitrogen and oxygen atoms in total. The van der Waals surface area contributed by atoms with E-state index in [1.165, 1.54) is 10.5 Å². The van der Waals surface area contributed by atoms with Gasteiger partial charge >= 0.3 is 0 Å². The highest BCUT2D eigenvalue weighted by molar-refractivity contribution is 7.99. The zero-order valence-corrected chi connectivity index (χ0v) is 12.4. The van der Waals surface area contributed by atoms with E-state index >= 15 is 0 Å². The molecule has 1 aliphatic heterocycles. The highest BCUT2D eigenvalue weighted by atomic mass is 35.5. The first-order valence-electron chi connectivity index (χ1n) is 6.02. The Morgan fingerprint density at radius 3 is 3.00 bits per heavy atom. The summed E-state index contributed by atoms with van der Waals surface area (Å²) in [6.07, 6.45) is 4.49. The number of nitrogens with zero attached hydrogens (tertiary/aromatic N) is 1. The molecule has 19 heavy (non-hydrogen) atoms. The highest BCUT2D eigenvalue weighted by Crippen LogP contribution is 2.39. The summed E-state index contributed by atoms with van der Waals surface area (Å²) in [6.45, 7) is 0. The molecule has 0 radical (unpaired) electrons. The molecule has 0 bridgehead atoms. The van der Waals surface area contributed by atoms with Gasteiger partial charge in [-0.3, -0.25) is 4.98 Å². The van der Waals surface area contributed by atoms with E-state index in [9.17, 15) is 0 Å². The van der Waals surface area contributed by atoms with Crippen molar-refractivity contribution in [2.75, 3.05) is 11.1 Å². The number of thioether (sulfide) groups is 1. The zero-order chi connectivity index (χ0) is 13.2. The fraction of sp³-hybridized carbons (Fsp3) is 0.214. The van der Waals surface area contributed by atoms with Crippen molar-refractivity contribution < 1.29 is 0 Å². The Morgan fingerprint density at radius 1 is 1.26 bits per heavy atom. The lowest BCUT2D eigenvalue weighted by molar-refractivity contribution is 0.728. The number of pyridine rings is 1. The summed E-state index contributed by atoms with van der Waals surface area (Å²) >= 11 is 14.1. The van der Waals surface area contributed by atoms with Gasteiger partial charge in [0.1, 0.15) is 0 Å². The lowest BCUT2D eigenvalue weighted by atomic mass is 10.0. The summed E-state index contributed by atoms with van der Waals surface area (Å²) in [4.78, 5) is 5.39. The SMILES string of the molecule is Clc1ccc2c(c1)C(Nc1cnccc1Cl)CCS2. The Kier molecular flexibility index (Phi) is 3.87. The molecule has 0 spiro atoms. The van der Waals surface area contributed by atoms with Crippen LogP contribution in [0.5, 0.6) is 0 Å². The number of hydrogen-bond donors (Lipinski definition) is 1. The molecule has 2 aromatic rings. The van der Waals surface area contributed by atoms with Gasteiger partial charge in [-0.05, 0) is 36.2 Å². The maximum Gasteiger partial charge on any atom is 0.0720 e. The van der Waals surface area contributed by atoms with Gasteiger partial charge in [0, 0.05) is 21.9 Å². The van der Waals surface area contributed by atoms with Crippen LogP contribution in [0, 0.1) is 0 Å². The molecule has 0 fully saturated rings. The van der Waals surface area contributed by atoms with E-state index in [2.05, 4.69) is 16.4 Å². The smallest absolute Gasteiger partial charge is 0.0720 e. The monoisotopic (exact) mass is 310 g/mol. The van der Waals surface area contributed by atoms with Crippen LogP contribution >= 0.6 is 35.0 Å². The van der Waals surface area contributed by atoms with Gasteiger partial charge in [-0.1, -0.05) is 23.2 Å². The van der Waals surface area contributed by atoms with Crippen molar-refractivity contribution in [3.8, 4) is 0 Å². The zero-order valence-electron chi connectivity index (χ0n) is 10.1. The molecule has 1 aliphatic rings. The maximum absolute atomic E-state index is 6.17. The Hall–Kier alpha value is -0.900. The molecule has 0 amide bonds. The van der Waals surface area contributed by atoms with Crippen molar-refractivity contribution in [2.24, 2.45) is 0 Å². The van der Waals surface area contributed by atoms with E-state index < -0.39 is 0 Å². The minimum absolute atomic E-state index is 0.233. The normalized spacial score (nSPS) is 17.9. The predicted octanol–water partition coefficient (Wildman–Crippen LogP) is 5.04.